The molecule has 2 N–H and O–H groups in total. The average Bonchev–Trinajstić information content (AvgIpc) is 3.41. The summed E-state index contributed by atoms with van der Waals surface area (Å²) in [6, 6.07) is 18.3. The molecule has 0 atom stereocenters. The van der Waals surface area contributed by atoms with E-state index in [0.717, 1.165) is 10.4 Å². The van der Waals surface area contributed by atoms with Crippen molar-refractivity contribution < 1.29 is 17.7 Å². The van der Waals surface area contributed by atoms with Crippen molar-refractivity contribution in [1.29, 1.82) is 0 Å². The fourth-order valence-electron chi connectivity index (χ4n) is 2.67. The summed E-state index contributed by atoms with van der Waals surface area (Å²) in [5.41, 5.74) is 2.01. The number of aromatic nitrogens is 1. The molecule has 0 aliphatic carbocycles. The number of carbonyl (C=O) groups is 1. The van der Waals surface area contributed by atoms with Gasteiger partial charge < -0.3 is 9.84 Å². The third-order valence-electron chi connectivity index (χ3n) is 4.23. The highest BCUT2D eigenvalue weighted by Gasteiger charge is 2.16. The SMILES string of the molecule is Cc1ccc(S(=O)(=O)Nc2ccc(NC(=O)c3cc(-c4cccs4)on3)cc2)cc1. The molecule has 0 radical (unpaired) electrons. The van der Waals surface area contributed by atoms with E-state index in [-0.39, 0.29) is 10.6 Å². The highest BCUT2D eigenvalue weighted by Crippen LogP contribution is 2.25. The molecule has 1 amide bonds. The first kappa shape index (κ1) is 19.9. The van der Waals surface area contributed by atoms with Crippen LogP contribution < -0.4 is 10.0 Å². The first-order chi connectivity index (χ1) is 14.4. The van der Waals surface area contributed by atoms with Crippen LogP contribution in [0.5, 0.6) is 0 Å². The molecule has 0 spiro atoms. The first-order valence-corrected chi connectivity index (χ1v) is 11.3. The number of hydrogen-bond donors (Lipinski definition) is 2. The Balaban J connectivity index is 1.42. The van der Waals surface area contributed by atoms with Crippen LogP contribution in [0.15, 0.2) is 81.5 Å². The van der Waals surface area contributed by atoms with Crippen molar-refractivity contribution in [3.05, 3.63) is 83.4 Å². The number of hydrogen-bond acceptors (Lipinski definition) is 6. The number of nitrogens with zero attached hydrogens (tertiary/aromatic N) is 1. The molecule has 4 rings (SSSR count). The number of benzene rings is 2. The van der Waals surface area contributed by atoms with Crippen molar-refractivity contribution in [1.82, 2.24) is 5.16 Å². The first-order valence-electron chi connectivity index (χ1n) is 8.92. The van der Waals surface area contributed by atoms with E-state index in [2.05, 4.69) is 15.2 Å². The fourth-order valence-corrected chi connectivity index (χ4v) is 4.40. The largest absolute Gasteiger partial charge is 0.355 e. The smallest absolute Gasteiger partial charge is 0.277 e. The molecule has 152 valence electrons. The number of rotatable bonds is 6. The van der Waals surface area contributed by atoms with Gasteiger partial charge in [-0.15, -0.1) is 11.3 Å². The second-order valence-electron chi connectivity index (χ2n) is 6.50. The molecule has 2 aromatic heterocycles. The summed E-state index contributed by atoms with van der Waals surface area (Å²) in [7, 11) is -3.69. The lowest BCUT2D eigenvalue weighted by Gasteiger charge is -2.09. The van der Waals surface area contributed by atoms with Gasteiger partial charge in [-0.25, -0.2) is 8.42 Å². The van der Waals surface area contributed by atoms with Crippen LogP contribution in [-0.4, -0.2) is 19.5 Å². The van der Waals surface area contributed by atoms with Crippen molar-refractivity contribution in [3.63, 3.8) is 0 Å². The van der Waals surface area contributed by atoms with Crippen LogP contribution in [0.1, 0.15) is 16.1 Å². The lowest BCUT2D eigenvalue weighted by molar-refractivity contribution is 0.101. The molecular formula is C21H17N3O4S2. The zero-order valence-electron chi connectivity index (χ0n) is 15.8. The molecule has 0 saturated heterocycles. The standard InChI is InChI=1S/C21H17N3O4S2/c1-14-4-10-17(11-5-14)30(26,27)24-16-8-6-15(7-9-16)22-21(25)18-13-19(28-23-18)20-3-2-12-29-20/h2-13,24H,1H3,(H,22,25). The maximum absolute atomic E-state index is 12.5. The van der Waals surface area contributed by atoms with E-state index in [1.807, 2.05) is 24.4 Å². The van der Waals surface area contributed by atoms with E-state index in [1.54, 1.807) is 54.6 Å². The molecule has 0 aliphatic heterocycles. The molecule has 2 heterocycles. The highest BCUT2D eigenvalue weighted by atomic mass is 32.2. The highest BCUT2D eigenvalue weighted by molar-refractivity contribution is 7.92. The van der Waals surface area contributed by atoms with Gasteiger partial charge >= 0.3 is 0 Å². The van der Waals surface area contributed by atoms with Crippen molar-refractivity contribution in [2.24, 2.45) is 0 Å². The number of nitrogens with one attached hydrogen (secondary N) is 2. The van der Waals surface area contributed by atoms with Crippen molar-refractivity contribution in [2.45, 2.75) is 11.8 Å². The normalized spacial score (nSPS) is 11.2. The van der Waals surface area contributed by atoms with Crippen molar-refractivity contribution >= 4 is 38.6 Å². The minimum absolute atomic E-state index is 0.155. The quantitative estimate of drug-likeness (QED) is 0.451. The Kier molecular flexibility index (Phi) is 5.39. The van der Waals surface area contributed by atoms with Crippen LogP contribution in [0.4, 0.5) is 11.4 Å². The van der Waals surface area contributed by atoms with Gasteiger partial charge in [0, 0.05) is 17.4 Å². The van der Waals surface area contributed by atoms with Gasteiger partial charge in [0.15, 0.2) is 11.5 Å². The van der Waals surface area contributed by atoms with Crippen molar-refractivity contribution in [2.75, 3.05) is 10.0 Å². The topological polar surface area (TPSA) is 101 Å². The number of sulfonamides is 1. The van der Waals surface area contributed by atoms with Gasteiger partial charge in [0.1, 0.15) is 0 Å². The van der Waals surface area contributed by atoms with Gasteiger partial charge in [0.25, 0.3) is 15.9 Å². The predicted octanol–water partition coefficient (Wildman–Crippen LogP) is 4.76. The monoisotopic (exact) mass is 439 g/mol. The minimum atomic E-state index is -3.69. The van der Waals surface area contributed by atoms with Gasteiger partial charge in [-0.3, -0.25) is 9.52 Å². The van der Waals surface area contributed by atoms with Gasteiger partial charge in [-0.2, -0.15) is 0 Å². The molecule has 0 saturated carbocycles. The van der Waals surface area contributed by atoms with Crippen LogP contribution in [0.3, 0.4) is 0 Å². The number of carbonyl (C=O) groups excluding carboxylic acids is 1. The van der Waals surface area contributed by atoms with Gasteiger partial charge in [-0.1, -0.05) is 28.9 Å². The number of aryl methyl sites for hydroxylation is 1. The Labute approximate surface area is 177 Å². The summed E-state index contributed by atoms with van der Waals surface area (Å²) in [6.45, 7) is 1.89. The van der Waals surface area contributed by atoms with E-state index in [1.165, 1.54) is 11.3 Å². The van der Waals surface area contributed by atoms with Crippen LogP contribution >= 0.6 is 11.3 Å². The van der Waals surface area contributed by atoms with Gasteiger partial charge in [-0.05, 0) is 54.8 Å². The summed E-state index contributed by atoms with van der Waals surface area (Å²) in [5.74, 6) is 0.102. The van der Waals surface area contributed by atoms with E-state index < -0.39 is 15.9 Å². The maximum Gasteiger partial charge on any atom is 0.277 e. The number of thiophene rings is 1. The molecule has 2 aromatic carbocycles. The Morgan fingerprint density at radius 3 is 2.37 bits per heavy atom. The lowest BCUT2D eigenvalue weighted by Crippen LogP contribution is -2.14. The molecule has 0 bridgehead atoms. The zero-order valence-corrected chi connectivity index (χ0v) is 17.5. The zero-order chi connectivity index (χ0) is 21.1. The van der Waals surface area contributed by atoms with Crippen LogP contribution in [0.2, 0.25) is 0 Å². The Bertz CT molecular complexity index is 1260. The van der Waals surface area contributed by atoms with E-state index >= 15 is 0 Å². The van der Waals surface area contributed by atoms with Crippen LogP contribution in [0.25, 0.3) is 10.6 Å². The second kappa shape index (κ2) is 8.13. The summed E-state index contributed by atoms with van der Waals surface area (Å²) >= 11 is 1.49. The molecule has 7 nitrogen and oxygen atoms in total. The van der Waals surface area contributed by atoms with Crippen molar-refractivity contribution in [3.8, 4) is 10.6 Å². The lowest BCUT2D eigenvalue weighted by atomic mass is 10.2. The minimum Gasteiger partial charge on any atom is -0.355 e. The molecule has 0 aliphatic rings. The average molecular weight is 440 g/mol. The fraction of sp³-hybridized carbons (Fsp3) is 0.0476. The molecule has 9 heteroatoms. The third kappa shape index (κ3) is 4.42. The second-order valence-corrected chi connectivity index (χ2v) is 9.13. The van der Waals surface area contributed by atoms with Gasteiger partial charge in [0.2, 0.25) is 0 Å². The number of anilines is 2. The summed E-state index contributed by atoms with van der Waals surface area (Å²) in [4.78, 5) is 13.4. The van der Waals surface area contributed by atoms with E-state index in [0.29, 0.717) is 17.1 Å². The third-order valence-corrected chi connectivity index (χ3v) is 6.51. The molecule has 4 aromatic rings. The summed E-state index contributed by atoms with van der Waals surface area (Å²) in [6.07, 6.45) is 0. The maximum atomic E-state index is 12.5. The van der Waals surface area contributed by atoms with E-state index in [4.69, 9.17) is 4.52 Å². The molecule has 30 heavy (non-hydrogen) atoms. The van der Waals surface area contributed by atoms with Crippen LogP contribution in [-0.2, 0) is 10.0 Å². The summed E-state index contributed by atoms with van der Waals surface area (Å²) in [5, 5.41) is 8.42. The molecular weight excluding hydrogens is 422 g/mol. The summed E-state index contributed by atoms with van der Waals surface area (Å²) < 4.78 is 32.7. The Hall–Kier alpha value is -3.43. The van der Waals surface area contributed by atoms with E-state index in [9.17, 15) is 13.2 Å². The Morgan fingerprint density at radius 2 is 1.70 bits per heavy atom. The van der Waals surface area contributed by atoms with Gasteiger partial charge in [0.05, 0.1) is 9.77 Å². The predicted molar refractivity (Wildman–Crippen MR) is 116 cm³/mol. The van der Waals surface area contributed by atoms with Crippen LogP contribution in [0, 0.1) is 6.92 Å². The number of amides is 1. The molecule has 0 unspecified atom stereocenters. The Morgan fingerprint density at radius 1 is 1.00 bits per heavy atom. The molecule has 0 fully saturated rings.